The van der Waals surface area contributed by atoms with Crippen molar-refractivity contribution in [2.75, 3.05) is 23.8 Å². The number of H-pyrrole nitrogens is 1. The van der Waals surface area contributed by atoms with E-state index in [1.165, 1.54) is 0 Å². The monoisotopic (exact) mass is 480 g/mol. The maximum atomic E-state index is 15.3. The maximum absolute atomic E-state index is 15.3. The lowest BCUT2D eigenvalue weighted by Crippen LogP contribution is -2.31. The van der Waals surface area contributed by atoms with E-state index in [2.05, 4.69) is 60.3 Å². The van der Waals surface area contributed by atoms with E-state index in [0.29, 0.717) is 35.2 Å². The van der Waals surface area contributed by atoms with Crippen LogP contribution in [0.1, 0.15) is 77.5 Å². The van der Waals surface area contributed by atoms with Gasteiger partial charge in [-0.25, -0.2) is 4.39 Å². The Kier molecular flexibility index (Phi) is 7.88. The normalized spacial score (nSPS) is 23.1. The molecule has 2 N–H and O–H groups in total. The van der Waals surface area contributed by atoms with Crippen LogP contribution in [0.15, 0.2) is 41.9 Å². The Morgan fingerprint density at radius 2 is 2.14 bits per heavy atom. The second-order valence-electron chi connectivity index (χ2n) is 10.6. The van der Waals surface area contributed by atoms with Crippen LogP contribution in [0.2, 0.25) is 0 Å². The summed E-state index contributed by atoms with van der Waals surface area (Å²) in [6, 6.07) is 5.88. The van der Waals surface area contributed by atoms with Gasteiger partial charge in [0.05, 0.1) is 5.69 Å². The number of ether oxygens (including phenoxy) is 1. The van der Waals surface area contributed by atoms with Crippen molar-refractivity contribution in [3.05, 3.63) is 58.9 Å². The predicted molar refractivity (Wildman–Crippen MR) is 143 cm³/mol. The molecule has 0 saturated heterocycles. The second-order valence-corrected chi connectivity index (χ2v) is 10.6. The summed E-state index contributed by atoms with van der Waals surface area (Å²) >= 11 is 0. The van der Waals surface area contributed by atoms with Crippen molar-refractivity contribution in [1.82, 2.24) is 10.2 Å². The predicted octanol–water partition coefficient (Wildman–Crippen LogP) is 7.67. The van der Waals surface area contributed by atoms with Gasteiger partial charge < -0.3 is 15.0 Å². The molecule has 3 unspecified atom stereocenters. The third-order valence-electron chi connectivity index (χ3n) is 7.40. The van der Waals surface area contributed by atoms with Gasteiger partial charge in [-0.2, -0.15) is 5.10 Å². The lowest BCUT2D eigenvalue weighted by molar-refractivity contribution is 0.223. The molecule has 1 aliphatic carbocycles. The molecule has 0 radical (unpaired) electrons. The molecule has 3 atom stereocenters. The summed E-state index contributed by atoms with van der Waals surface area (Å²) < 4.78 is 21.7. The van der Waals surface area contributed by atoms with Gasteiger partial charge in [-0.3, -0.25) is 5.10 Å². The highest BCUT2D eigenvalue weighted by molar-refractivity contribution is 5.66. The number of benzene rings is 1. The van der Waals surface area contributed by atoms with Crippen molar-refractivity contribution >= 4 is 17.2 Å². The number of hydrogen-bond acceptors (Lipinski definition) is 4. The fraction of sp³-hybridized carbons (Fsp3) is 0.552. The van der Waals surface area contributed by atoms with Gasteiger partial charge in [0.25, 0.3) is 0 Å². The van der Waals surface area contributed by atoms with Crippen LogP contribution in [0.4, 0.5) is 21.6 Å². The van der Waals surface area contributed by atoms with Gasteiger partial charge in [0, 0.05) is 54.4 Å². The summed E-state index contributed by atoms with van der Waals surface area (Å²) in [5, 5.41) is 10.9. The number of aromatic amines is 1. The number of anilines is 3. The Hall–Kier alpha value is -2.76. The molecule has 1 aromatic heterocycles. The summed E-state index contributed by atoms with van der Waals surface area (Å²) in [5.41, 5.74) is 3.38. The third kappa shape index (κ3) is 5.57. The van der Waals surface area contributed by atoms with E-state index >= 15 is 4.39 Å². The van der Waals surface area contributed by atoms with Crippen LogP contribution >= 0.6 is 0 Å². The first kappa shape index (κ1) is 25.3. The molecular weight excluding hydrogens is 439 g/mol. The number of aromatic nitrogens is 2. The largest absolute Gasteiger partial charge is 0.466 e. The van der Waals surface area contributed by atoms with Crippen LogP contribution in [-0.2, 0) is 11.2 Å². The van der Waals surface area contributed by atoms with Gasteiger partial charge in [-0.05, 0) is 69.2 Å². The molecule has 6 heteroatoms. The number of hydrogen-bond donors (Lipinski definition) is 2. The summed E-state index contributed by atoms with van der Waals surface area (Å²) in [4.78, 5) is 2.14. The Balaban J connectivity index is 1.44. The fourth-order valence-corrected chi connectivity index (χ4v) is 5.65. The van der Waals surface area contributed by atoms with E-state index in [4.69, 9.17) is 4.74 Å². The molecule has 0 spiro atoms. The van der Waals surface area contributed by atoms with E-state index in [1.54, 1.807) is 0 Å². The minimum Gasteiger partial charge on any atom is -0.466 e. The molecule has 35 heavy (non-hydrogen) atoms. The number of allylic oxidation sites excluding steroid dienone is 4. The van der Waals surface area contributed by atoms with E-state index in [1.807, 2.05) is 32.2 Å². The van der Waals surface area contributed by atoms with Crippen LogP contribution in [0.5, 0.6) is 0 Å². The zero-order valence-electron chi connectivity index (χ0n) is 22.1. The van der Waals surface area contributed by atoms with Gasteiger partial charge in [-0.15, -0.1) is 0 Å². The van der Waals surface area contributed by atoms with Crippen LogP contribution in [-0.4, -0.2) is 23.8 Å². The third-order valence-corrected chi connectivity index (χ3v) is 7.40. The van der Waals surface area contributed by atoms with Crippen molar-refractivity contribution in [3.8, 4) is 0 Å². The lowest BCUT2D eigenvalue weighted by Gasteiger charge is -2.32. The van der Waals surface area contributed by atoms with E-state index in [-0.39, 0.29) is 5.82 Å². The highest BCUT2D eigenvalue weighted by Crippen LogP contribution is 2.43. The minimum atomic E-state index is -0.164. The SMILES string of the molecule is C/C=C(\O/C(=C/CC)C1CCC(c2cc(Nc3ccc4c(c3F)CC(C)CN4C)n[nH]2)C1)C(C)C. The van der Waals surface area contributed by atoms with Crippen molar-refractivity contribution in [1.29, 1.82) is 0 Å². The Labute approximate surface area is 209 Å². The molecule has 190 valence electrons. The van der Waals surface area contributed by atoms with Crippen molar-refractivity contribution in [2.45, 2.75) is 72.6 Å². The number of rotatable bonds is 8. The molecule has 2 aliphatic rings. The van der Waals surface area contributed by atoms with Gasteiger partial charge >= 0.3 is 0 Å². The second kappa shape index (κ2) is 10.9. The zero-order chi connectivity index (χ0) is 25.1. The lowest BCUT2D eigenvalue weighted by atomic mass is 9.93. The summed E-state index contributed by atoms with van der Waals surface area (Å²) in [6.45, 7) is 11.7. The highest BCUT2D eigenvalue weighted by Gasteiger charge is 2.31. The number of halogens is 1. The van der Waals surface area contributed by atoms with Crippen molar-refractivity contribution in [2.24, 2.45) is 17.8 Å². The summed E-state index contributed by atoms with van der Waals surface area (Å²) in [7, 11) is 2.03. The van der Waals surface area contributed by atoms with E-state index in [9.17, 15) is 0 Å². The zero-order valence-corrected chi connectivity index (χ0v) is 22.1. The molecule has 1 saturated carbocycles. The Morgan fingerprint density at radius 1 is 1.34 bits per heavy atom. The van der Waals surface area contributed by atoms with Crippen LogP contribution in [0.25, 0.3) is 0 Å². The van der Waals surface area contributed by atoms with E-state index < -0.39 is 0 Å². The molecular formula is C29H41FN4O. The van der Waals surface area contributed by atoms with Crippen LogP contribution < -0.4 is 10.2 Å². The first-order chi connectivity index (χ1) is 16.8. The smallest absolute Gasteiger partial charge is 0.152 e. The van der Waals surface area contributed by atoms with E-state index in [0.717, 1.165) is 67.1 Å². The van der Waals surface area contributed by atoms with Gasteiger partial charge in [0.15, 0.2) is 11.6 Å². The first-order valence-electron chi connectivity index (χ1n) is 13.2. The molecule has 2 heterocycles. The molecule has 1 fully saturated rings. The molecule has 1 aliphatic heterocycles. The van der Waals surface area contributed by atoms with Gasteiger partial charge in [0.1, 0.15) is 11.5 Å². The topological polar surface area (TPSA) is 53.2 Å². The quantitative estimate of drug-likeness (QED) is 0.381. The molecule has 4 rings (SSSR count). The molecule has 5 nitrogen and oxygen atoms in total. The number of nitrogens with zero attached hydrogens (tertiary/aromatic N) is 2. The minimum absolute atomic E-state index is 0.164. The molecule has 0 bridgehead atoms. The molecule has 1 aromatic carbocycles. The fourth-order valence-electron chi connectivity index (χ4n) is 5.65. The summed E-state index contributed by atoms with van der Waals surface area (Å²) in [5.74, 6) is 4.24. The highest BCUT2D eigenvalue weighted by atomic mass is 19.1. The molecule has 2 aromatic rings. The van der Waals surface area contributed by atoms with Crippen molar-refractivity contribution in [3.63, 3.8) is 0 Å². The standard InChI is InChI=1S/C29H41FN4O/c1-7-9-27(35-26(8-2)18(3)4)21-11-10-20(15-21)24-16-28(33-32-24)31-23-12-13-25-22(29(23)30)14-19(5)17-34(25)6/h8-9,12-13,16,18-21H,7,10-11,14-15,17H2,1-6H3,(H2,31,32,33)/b26-8-,27-9+. The average Bonchev–Trinajstić information content (AvgIpc) is 3.48. The number of nitrogens with one attached hydrogen (secondary N) is 2. The first-order valence-corrected chi connectivity index (χ1v) is 13.2. The molecule has 0 amide bonds. The van der Waals surface area contributed by atoms with Crippen LogP contribution in [0, 0.1) is 23.6 Å². The van der Waals surface area contributed by atoms with Crippen LogP contribution in [0.3, 0.4) is 0 Å². The maximum Gasteiger partial charge on any atom is 0.152 e. The van der Waals surface area contributed by atoms with Gasteiger partial charge in [-0.1, -0.05) is 27.7 Å². The van der Waals surface area contributed by atoms with Gasteiger partial charge in [0.2, 0.25) is 0 Å². The van der Waals surface area contributed by atoms with Crippen molar-refractivity contribution < 1.29 is 9.13 Å². The Bertz CT molecular complexity index is 1090. The average molecular weight is 481 g/mol. The Morgan fingerprint density at radius 3 is 2.86 bits per heavy atom. The number of fused-ring (bicyclic) bond motifs is 1. The summed E-state index contributed by atoms with van der Waals surface area (Å²) in [6.07, 6.45) is 9.24.